The summed E-state index contributed by atoms with van der Waals surface area (Å²) in [5.41, 5.74) is -0.237. The average Bonchev–Trinajstić information content (AvgIpc) is 3.94. The summed E-state index contributed by atoms with van der Waals surface area (Å²) in [5, 5.41) is 31.1. The molecule has 1 saturated heterocycles. The number of fused-ring (bicyclic) bond motifs is 1. The summed E-state index contributed by atoms with van der Waals surface area (Å²) >= 11 is 0. The zero-order valence-electron chi connectivity index (χ0n) is 26.2. The highest BCUT2D eigenvalue weighted by Gasteiger charge is 2.61. The maximum atomic E-state index is 13.8. The molecule has 5 aliphatic rings. The Morgan fingerprint density at radius 3 is 2.26 bits per heavy atom. The van der Waals surface area contributed by atoms with Crippen molar-refractivity contribution in [1.29, 1.82) is 5.41 Å². The summed E-state index contributed by atoms with van der Waals surface area (Å²) in [6.07, 6.45) is 3.56. The van der Waals surface area contributed by atoms with E-state index in [1.54, 1.807) is 18.2 Å². The van der Waals surface area contributed by atoms with Gasteiger partial charge in [-0.05, 0) is 79.5 Å². The number of alkyl halides is 2. The van der Waals surface area contributed by atoms with Crippen LogP contribution in [0, 0.1) is 29.1 Å². The van der Waals surface area contributed by atoms with E-state index >= 15 is 0 Å². The van der Waals surface area contributed by atoms with Crippen molar-refractivity contribution in [1.82, 2.24) is 20.9 Å². The van der Waals surface area contributed by atoms with Gasteiger partial charge in [-0.15, -0.1) is 0 Å². The summed E-state index contributed by atoms with van der Waals surface area (Å²) < 4.78 is 27.7. The molecule has 5 amide bonds. The number of nitrogens with one attached hydrogen (secondary N) is 5. The molecule has 0 bridgehead atoms. The van der Waals surface area contributed by atoms with Gasteiger partial charge < -0.3 is 36.8 Å². The van der Waals surface area contributed by atoms with Crippen molar-refractivity contribution in [2.75, 3.05) is 11.9 Å². The van der Waals surface area contributed by atoms with Crippen LogP contribution in [0.4, 0.5) is 19.3 Å². The van der Waals surface area contributed by atoms with E-state index in [1.807, 2.05) is 13.8 Å². The van der Waals surface area contributed by atoms with Gasteiger partial charge in [0.1, 0.15) is 11.6 Å². The molecule has 0 radical (unpaired) electrons. The van der Waals surface area contributed by atoms with Crippen LogP contribution in [0.15, 0.2) is 23.4 Å². The van der Waals surface area contributed by atoms with Gasteiger partial charge in [-0.3, -0.25) is 14.4 Å². The molecule has 46 heavy (non-hydrogen) atoms. The molecule has 1 aliphatic heterocycles. The average molecular weight is 642 g/mol. The number of carbonyl (C=O) groups excluding carboxylic acids is 4. The quantitative estimate of drug-likeness (QED) is 0.117. The number of urea groups is 1. The van der Waals surface area contributed by atoms with Crippen LogP contribution in [0.25, 0.3) is 0 Å². The van der Waals surface area contributed by atoms with E-state index in [0.29, 0.717) is 11.3 Å². The predicted octanol–water partition coefficient (Wildman–Crippen LogP) is 2.83. The van der Waals surface area contributed by atoms with Crippen LogP contribution in [0.2, 0.25) is 0 Å². The smallest absolute Gasteiger partial charge is 0.318 e. The van der Waals surface area contributed by atoms with E-state index in [9.17, 15) is 33.2 Å². The molecule has 1 heterocycles. The van der Waals surface area contributed by atoms with E-state index in [4.69, 9.17) is 5.41 Å². The topological polar surface area (TPSA) is 176 Å². The number of oxime groups is 1. The van der Waals surface area contributed by atoms with E-state index in [0.717, 1.165) is 31.2 Å². The lowest BCUT2D eigenvalue weighted by molar-refractivity contribution is -0.132. The molecule has 12 nitrogen and oxygen atoms in total. The van der Waals surface area contributed by atoms with Crippen LogP contribution in [-0.2, 0) is 27.2 Å². The van der Waals surface area contributed by atoms with E-state index in [1.165, 1.54) is 11.8 Å². The lowest BCUT2D eigenvalue weighted by atomic mass is 9.88. The van der Waals surface area contributed by atoms with Crippen molar-refractivity contribution in [3.63, 3.8) is 0 Å². The molecule has 4 aliphatic carbocycles. The van der Waals surface area contributed by atoms with E-state index < -0.39 is 59.4 Å². The molecule has 0 aromatic heterocycles. The monoisotopic (exact) mass is 641 g/mol. The Kier molecular flexibility index (Phi) is 8.04. The number of nitrogens with zero attached hydrogens (tertiary/aromatic N) is 2. The van der Waals surface area contributed by atoms with Gasteiger partial charge in [0.2, 0.25) is 11.8 Å². The number of anilines is 1. The highest BCUT2D eigenvalue weighted by Crippen LogP contribution is 2.51. The summed E-state index contributed by atoms with van der Waals surface area (Å²) in [5.74, 6) is -4.32. The van der Waals surface area contributed by atoms with Gasteiger partial charge in [-0.25, -0.2) is 13.6 Å². The minimum absolute atomic E-state index is 0.0796. The Morgan fingerprint density at radius 1 is 1.11 bits per heavy atom. The van der Waals surface area contributed by atoms with Crippen molar-refractivity contribution >= 4 is 40.9 Å². The van der Waals surface area contributed by atoms with Crippen LogP contribution < -0.4 is 21.3 Å². The first-order valence-electron chi connectivity index (χ1n) is 16.0. The number of benzene rings is 1. The van der Waals surface area contributed by atoms with Gasteiger partial charge in [0, 0.05) is 31.5 Å². The van der Waals surface area contributed by atoms with Crippen molar-refractivity contribution in [2.45, 2.75) is 95.3 Å². The number of hydrogen-bond acceptors (Lipinski definition) is 7. The minimum atomic E-state index is -2.97. The molecule has 3 saturated carbocycles. The minimum Gasteiger partial charge on any atom is -0.410 e. The molecule has 4 atom stereocenters. The summed E-state index contributed by atoms with van der Waals surface area (Å²) in [6, 6.07) is 2.35. The molecule has 6 rings (SSSR count). The van der Waals surface area contributed by atoms with Crippen molar-refractivity contribution in [3.8, 4) is 0 Å². The zero-order valence-corrected chi connectivity index (χ0v) is 26.2. The van der Waals surface area contributed by atoms with Crippen molar-refractivity contribution in [2.24, 2.45) is 28.8 Å². The highest BCUT2D eigenvalue weighted by molar-refractivity contribution is 6.65. The highest BCUT2D eigenvalue weighted by atomic mass is 19.3. The Hall–Kier alpha value is -4.10. The van der Waals surface area contributed by atoms with Crippen LogP contribution in [0.1, 0.15) is 64.0 Å². The van der Waals surface area contributed by atoms with Crippen molar-refractivity contribution < 1.29 is 33.2 Å². The Bertz CT molecular complexity index is 1500. The van der Waals surface area contributed by atoms with E-state index in [-0.39, 0.29) is 54.8 Å². The Morgan fingerprint density at radius 2 is 1.74 bits per heavy atom. The molecular formula is C32H41F2N7O5. The van der Waals surface area contributed by atoms with Crippen LogP contribution in [-0.4, -0.2) is 81.4 Å². The Labute approximate surface area is 265 Å². The number of rotatable bonds is 12. The first-order valence-corrected chi connectivity index (χ1v) is 16.0. The predicted molar refractivity (Wildman–Crippen MR) is 164 cm³/mol. The standard InChI is InChI=1S/C32H41F2N7O5/c1-15(2)22-14-41(30(45)37-22)31(29(44)38-23-13-32(23,33)34)11-19-8-9-21(10-20(19)12-31)36-28(43)26(24(17-4-5-17)18-6-7-18)39-27(42)25(40-46)16(3)35/h8-10,15,17-18,22-24,26,35,46H,4-7,11-14H2,1-3H3,(H,36,43)(H,37,45)(H,38,44)(H,39,42)/b35-16?,40-25+/t22-,23?,26-,31?/m0/s1. The van der Waals surface area contributed by atoms with Crippen LogP contribution in [0.5, 0.6) is 0 Å². The second-order valence-electron chi connectivity index (χ2n) is 14.0. The van der Waals surface area contributed by atoms with Gasteiger partial charge in [0.05, 0.1) is 17.8 Å². The van der Waals surface area contributed by atoms with Crippen LogP contribution >= 0.6 is 0 Å². The lowest BCUT2D eigenvalue weighted by Crippen LogP contribution is -2.61. The van der Waals surface area contributed by atoms with Gasteiger partial charge in [-0.1, -0.05) is 25.1 Å². The molecular weight excluding hydrogens is 600 g/mol. The second kappa shape index (κ2) is 11.6. The molecule has 1 aromatic carbocycles. The van der Waals surface area contributed by atoms with Gasteiger partial charge in [-0.2, -0.15) is 0 Å². The Balaban J connectivity index is 1.24. The maximum Gasteiger partial charge on any atom is 0.318 e. The SMILES string of the molecule is CC(=N)/C(=N\O)C(=O)N[C@H](C(=O)Nc1ccc2c(c1)CC(C(=O)NC1CC1(F)F)(N1C[C@@H](C(C)C)NC1=O)C2)C(C1CC1)C1CC1. The number of carbonyl (C=O) groups is 4. The summed E-state index contributed by atoms with van der Waals surface area (Å²) in [6.45, 7) is 5.49. The fourth-order valence-electron chi connectivity index (χ4n) is 7.13. The number of hydrogen-bond donors (Lipinski definition) is 6. The summed E-state index contributed by atoms with van der Waals surface area (Å²) in [7, 11) is 0. The fraction of sp³-hybridized carbons (Fsp3) is 0.625. The molecule has 4 fully saturated rings. The molecule has 0 spiro atoms. The molecule has 1 aromatic rings. The maximum absolute atomic E-state index is 13.8. The molecule has 6 N–H and O–H groups in total. The lowest BCUT2D eigenvalue weighted by Gasteiger charge is -2.36. The first-order chi connectivity index (χ1) is 21.7. The third kappa shape index (κ3) is 6.05. The van der Waals surface area contributed by atoms with Gasteiger partial charge >= 0.3 is 6.03 Å². The van der Waals surface area contributed by atoms with Crippen molar-refractivity contribution in [3.05, 3.63) is 29.3 Å². The normalized spacial score (nSPS) is 27.2. The molecule has 14 heteroatoms. The number of amides is 5. The van der Waals surface area contributed by atoms with Crippen LogP contribution in [0.3, 0.4) is 0 Å². The largest absolute Gasteiger partial charge is 0.410 e. The molecule has 2 unspecified atom stereocenters. The fourth-order valence-corrected chi connectivity index (χ4v) is 7.13. The molecule has 248 valence electrons. The van der Waals surface area contributed by atoms with Gasteiger partial charge in [0.15, 0.2) is 5.71 Å². The second-order valence-corrected chi connectivity index (χ2v) is 14.0. The number of halogens is 2. The third-order valence-electron chi connectivity index (χ3n) is 10.2. The third-order valence-corrected chi connectivity index (χ3v) is 10.2. The zero-order chi connectivity index (χ0) is 33.1. The summed E-state index contributed by atoms with van der Waals surface area (Å²) in [4.78, 5) is 55.2. The van der Waals surface area contributed by atoms with E-state index in [2.05, 4.69) is 26.4 Å². The first kappa shape index (κ1) is 31.9. The van der Waals surface area contributed by atoms with Gasteiger partial charge in [0.25, 0.3) is 11.8 Å².